The highest BCUT2D eigenvalue weighted by Gasteiger charge is 2.67. The number of ether oxygens (including phenoxy) is 1. The summed E-state index contributed by atoms with van der Waals surface area (Å²) in [5.41, 5.74) is 3.96. The van der Waals surface area contributed by atoms with Gasteiger partial charge in [0.1, 0.15) is 16.7 Å². The topological polar surface area (TPSA) is 116 Å². The molecule has 0 spiro atoms. The van der Waals surface area contributed by atoms with Crippen LogP contribution in [0.1, 0.15) is 65.3 Å². The van der Waals surface area contributed by atoms with Gasteiger partial charge < -0.3 is 25.0 Å². The van der Waals surface area contributed by atoms with E-state index in [2.05, 4.69) is 17.4 Å². The molecule has 2 fully saturated rings. The fraction of sp³-hybridized carbons (Fsp3) is 0.371. The minimum absolute atomic E-state index is 0.0488. The smallest absolute Gasteiger partial charge is 0.308 e. The number of amides is 3. The Morgan fingerprint density at radius 1 is 1.07 bits per heavy atom. The lowest BCUT2D eigenvalue weighted by atomic mass is 9.82. The fourth-order valence-corrected chi connectivity index (χ4v) is 8.38. The predicted octanol–water partition coefficient (Wildman–Crippen LogP) is 4.16. The number of esters is 1. The Morgan fingerprint density at radius 3 is 2.56 bits per heavy atom. The highest BCUT2D eigenvalue weighted by atomic mass is 32.2. The van der Waals surface area contributed by atoms with Crippen molar-refractivity contribution in [1.82, 2.24) is 15.1 Å². The number of likely N-dealkylation sites (tertiary alicyclic amines) is 1. The first-order valence-corrected chi connectivity index (χ1v) is 16.2. The van der Waals surface area contributed by atoms with Crippen molar-refractivity contribution in [3.8, 4) is 5.75 Å². The van der Waals surface area contributed by atoms with Crippen LogP contribution in [0.25, 0.3) is 0 Å². The summed E-state index contributed by atoms with van der Waals surface area (Å²) in [6, 6.07) is 20.6. The summed E-state index contributed by atoms with van der Waals surface area (Å²) in [4.78, 5) is 55.7. The molecule has 0 aromatic heterocycles. The van der Waals surface area contributed by atoms with Gasteiger partial charge in [0.15, 0.2) is 6.10 Å². The molecule has 2 saturated heterocycles. The van der Waals surface area contributed by atoms with Crippen molar-refractivity contribution in [3.63, 3.8) is 0 Å². The Labute approximate surface area is 266 Å². The highest BCUT2D eigenvalue weighted by molar-refractivity contribution is 8.01. The van der Waals surface area contributed by atoms with Crippen LogP contribution in [0.2, 0.25) is 0 Å². The van der Waals surface area contributed by atoms with Gasteiger partial charge in [0, 0.05) is 18.1 Å². The Bertz CT molecular complexity index is 1650. The average molecular weight is 628 g/mol. The van der Waals surface area contributed by atoms with E-state index in [9.17, 15) is 24.3 Å². The normalized spacial score (nSPS) is 23.3. The van der Waals surface area contributed by atoms with Gasteiger partial charge in [-0.05, 0) is 68.4 Å². The molecule has 2 aliphatic heterocycles. The van der Waals surface area contributed by atoms with Crippen molar-refractivity contribution in [1.29, 1.82) is 0 Å². The number of β-lactam (4-membered cyclic amide) rings is 1. The van der Waals surface area contributed by atoms with Gasteiger partial charge in [0.25, 0.3) is 11.8 Å². The number of benzene rings is 3. The minimum atomic E-state index is -1.61. The molecule has 3 aromatic carbocycles. The summed E-state index contributed by atoms with van der Waals surface area (Å²) in [5, 5.41) is 14.4. The maximum absolute atomic E-state index is 14.0. The molecule has 0 radical (unpaired) electrons. The van der Waals surface area contributed by atoms with Crippen molar-refractivity contribution >= 4 is 35.5 Å². The summed E-state index contributed by atoms with van der Waals surface area (Å²) in [7, 11) is 0. The largest absolute Gasteiger partial charge is 0.426 e. The first-order chi connectivity index (χ1) is 21.6. The van der Waals surface area contributed by atoms with E-state index in [1.165, 1.54) is 34.7 Å². The monoisotopic (exact) mass is 627 g/mol. The van der Waals surface area contributed by atoms with Crippen molar-refractivity contribution in [3.05, 3.63) is 101 Å². The zero-order chi connectivity index (χ0) is 31.9. The van der Waals surface area contributed by atoms with Crippen LogP contribution in [0.3, 0.4) is 0 Å². The Morgan fingerprint density at radius 2 is 1.80 bits per heavy atom. The fourth-order valence-electron chi connectivity index (χ4n) is 6.96. The van der Waals surface area contributed by atoms with Gasteiger partial charge in [-0.3, -0.25) is 19.2 Å². The second-order valence-electron chi connectivity index (χ2n) is 12.1. The number of hydrogen-bond acceptors (Lipinski definition) is 7. The summed E-state index contributed by atoms with van der Waals surface area (Å²) in [6.07, 6.45) is 1.42. The molecule has 3 aromatic rings. The first kappa shape index (κ1) is 30.9. The second kappa shape index (κ2) is 12.3. The Kier molecular flexibility index (Phi) is 8.45. The Hall–Kier alpha value is -4.15. The number of rotatable bonds is 8. The molecule has 2 N–H and O–H groups in total. The number of hydrogen-bond donors (Lipinski definition) is 2. The predicted molar refractivity (Wildman–Crippen MR) is 170 cm³/mol. The minimum Gasteiger partial charge on any atom is -0.426 e. The molecule has 3 aliphatic rings. The van der Waals surface area contributed by atoms with Gasteiger partial charge >= 0.3 is 5.97 Å². The van der Waals surface area contributed by atoms with E-state index in [4.69, 9.17) is 4.74 Å². The molecule has 0 saturated carbocycles. The van der Waals surface area contributed by atoms with E-state index >= 15 is 0 Å². The lowest BCUT2D eigenvalue weighted by Crippen LogP contribution is -2.74. The van der Waals surface area contributed by atoms with Gasteiger partial charge in [0.05, 0.1) is 18.0 Å². The molecule has 2 heterocycles. The van der Waals surface area contributed by atoms with Crippen LogP contribution in [0.4, 0.5) is 0 Å². The molecular formula is C35H37N3O6S. The molecule has 3 amide bonds. The molecule has 9 nitrogen and oxygen atoms in total. The Balaban J connectivity index is 1.23. The van der Waals surface area contributed by atoms with Crippen molar-refractivity contribution in [2.75, 3.05) is 5.88 Å². The molecule has 6 rings (SSSR count). The number of aliphatic hydroxyl groups is 1. The zero-order valence-electron chi connectivity index (χ0n) is 25.6. The SMILES string of the molecule is CC(=O)Oc1cccc(C(=O)N[C@@H](Cc2ccccc2)[C@H](O)C(=O)N2CSC3(C)[C@H]2C(=O)N3[C@H]2CCCc3ccccc32)c1C. The van der Waals surface area contributed by atoms with Crippen LogP contribution < -0.4 is 10.1 Å². The van der Waals surface area contributed by atoms with Crippen LogP contribution in [0.5, 0.6) is 5.75 Å². The van der Waals surface area contributed by atoms with Crippen molar-refractivity contribution in [2.24, 2.45) is 0 Å². The number of carbonyl (C=O) groups is 4. The van der Waals surface area contributed by atoms with Gasteiger partial charge in [-0.2, -0.15) is 0 Å². The van der Waals surface area contributed by atoms with Crippen LogP contribution in [-0.2, 0) is 27.2 Å². The van der Waals surface area contributed by atoms with E-state index in [-0.39, 0.29) is 35.6 Å². The van der Waals surface area contributed by atoms with E-state index in [1.807, 2.05) is 54.3 Å². The zero-order valence-corrected chi connectivity index (χ0v) is 26.4. The third kappa shape index (κ3) is 5.61. The number of carbonyl (C=O) groups excluding carboxylic acids is 4. The standard InChI is InChI=1S/C35H37N3O6S/c1-21-25(16-10-18-29(21)44-22(2)39)32(41)36-27(19-23-11-5-4-6-12-23)30(40)33(42)37-20-45-35(3)31(37)34(43)38(35)28-17-9-14-24-13-7-8-15-26(24)28/h4-8,10-13,15-16,18,27-28,30-31,40H,9,14,17,19-20H2,1-3H3,(H,36,41)/t27-,28-,30-,31+,35?/m0/s1. The van der Waals surface area contributed by atoms with E-state index in [0.29, 0.717) is 5.56 Å². The summed E-state index contributed by atoms with van der Waals surface area (Å²) >= 11 is 1.53. The average Bonchev–Trinajstić information content (AvgIpc) is 3.34. The van der Waals surface area contributed by atoms with Crippen LogP contribution in [0, 0.1) is 6.92 Å². The molecule has 1 unspecified atom stereocenters. The maximum Gasteiger partial charge on any atom is 0.308 e. The molecule has 5 atom stereocenters. The number of nitrogens with zero attached hydrogens (tertiary/aromatic N) is 2. The molecule has 45 heavy (non-hydrogen) atoms. The molecule has 0 bridgehead atoms. The molecule has 1 aliphatic carbocycles. The third-order valence-electron chi connectivity index (χ3n) is 9.23. The summed E-state index contributed by atoms with van der Waals surface area (Å²) in [6.45, 7) is 4.95. The number of aryl methyl sites for hydroxylation is 1. The second-order valence-corrected chi connectivity index (χ2v) is 13.5. The lowest BCUT2D eigenvalue weighted by molar-refractivity contribution is -0.172. The molecule has 234 valence electrons. The van der Waals surface area contributed by atoms with E-state index < -0.39 is 40.8 Å². The van der Waals surface area contributed by atoms with Gasteiger partial charge in [-0.15, -0.1) is 11.8 Å². The number of aliphatic hydroxyl groups excluding tert-OH is 1. The van der Waals surface area contributed by atoms with Crippen molar-refractivity contribution < 1.29 is 29.0 Å². The molecule has 10 heteroatoms. The number of nitrogens with one attached hydrogen (secondary N) is 1. The van der Waals surface area contributed by atoms with Crippen LogP contribution in [0.15, 0.2) is 72.8 Å². The summed E-state index contributed by atoms with van der Waals surface area (Å²) in [5.74, 6) is -1.23. The number of fused-ring (bicyclic) bond motifs is 2. The van der Waals surface area contributed by atoms with E-state index in [0.717, 1.165) is 24.8 Å². The molecular weight excluding hydrogens is 590 g/mol. The van der Waals surface area contributed by atoms with Gasteiger partial charge in [-0.25, -0.2) is 0 Å². The van der Waals surface area contributed by atoms with E-state index in [1.54, 1.807) is 25.1 Å². The third-order valence-corrected chi connectivity index (χ3v) is 10.6. The van der Waals surface area contributed by atoms with Gasteiger partial charge in [0.2, 0.25) is 5.91 Å². The van der Waals surface area contributed by atoms with Gasteiger partial charge in [-0.1, -0.05) is 60.7 Å². The van der Waals surface area contributed by atoms with Crippen LogP contribution >= 0.6 is 11.8 Å². The number of thioether (sulfide) groups is 1. The van der Waals surface area contributed by atoms with Crippen LogP contribution in [-0.4, -0.2) is 67.5 Å². The summed E-state index contributed by atoms with van der Waals surface area (Å²) < 4.78 is 5.24. The van der Waals surface area contributed by atoms with Crippen molar-refractivity contribution in [2.45, 2.75) is 75.6 Å². The maximum atomic E-state index is 14.0. The highest BCUT2D eigenvalue weighted by Crippen LogP contribution is 2.55. The lowest BCUT2D eigenvalue weighted by Gasteiger charge is -2.56. The quantitative estimate of drug-likeness (QED) is 0.219. The first-order valence-electron chi connectivity index (χ1n) is 15.3.